The van der Waals surface area contributed by atoms with Gasteiger partial charge in [-0.3, -0.25) is 4.79 Å². The molecule has 0 atom stereocenters. The summed E-state index contributed by atoms with van der Waals surface area (Å²) in [7, 11) is 0. The van der Waals surface area contributed by atoms with Gasteiger partial charge in [0, 0.05) is 31.9 Å². The fraction of sp³-hybridized carbons (Fsp3) is 0.300. The highest BCUT2D eigenvalue weighted by Gasteiger charge is 2.26. The van der Waals surface area contributed by atoms with Crippen molar-refractivity contribution in [2.45, 2.75) is 13.3 Å². The average Bonchev–Trinajstić information content (AvgIpc) is 3.29. The minimum atomic E-state index is -0.115. The predicted octanol–water partition coefficient (Wildman–Crippen LogP) is 3.60. The van der Waals surface area contributed by atoms with Gasteiger partial charge >= 0.3 is 0 Å². The summed E-state index contributed by atoms with van der Waals surface area (Å²) < 4.78 is 10.7. The molecule has 3 heterocycles. The Labute approximate surface area is 152 Å². The van der Waals surface area contributed by atoms with Gasteiger partial charge in [-0.1, -0.05) is 17.7 Å². The zero-order valence-corrected chi connectivity index (χ0v) is 14.7. The van der Waals surface area contributed by atoms with E-state index in [1.54, 1.807) is 18.4 Å². The molecule has 0 saturated carbocycles. The predicted molar refractivity (Wildman–Crippen MR) is 98.1 cm³/mol. The number of hydrogen-bond acceptors (Lipinski definition) is 5. The first kappa shape index (κ1) is 16.4. The largest absolute Gasteiger partial charge is 0.461 e. The molecule has 1 aliphatic heterocycles. The Morgan fingerprint density at radius 1 is 1.04 bits per heavy atom. The number of amides is 1. The van der Waals surface area contributed by atoms with Crippen molar-refractivity contribution in [2.75, 3.05) is 31.1 Å². The van der Waals surface area contributed by atoms with Crippen molar-refractivity contribution in [3.05, 3.63) is 60.3 Å². The monoisotopic (exact) mass is 351 g/mol. The molecule has 26 heavy (non-hydrogen) atoms. The number of rotatable bonds is 3. The van der Waals surface area contributed by atoms with E-state index in [0.717, 1.165) is 19.5 Å². The molecule has 1 fully saturated rings. The lowest BCUT2D eigenvalue weighted by atomic mass is 10.2. The van der Waals surface area contributed by atoms with Crippen molar-refractivity contribution in [1.29, 1.82) is 0 Å². The van der Waals surface area contributed by atoms with Gasteiger partial charge in [0.2, 0.25) is 5.76 Å². The summed E-state index contributed by atoms with van der Waals surface area (Å²) in [6.07, 6.45) is 3.76. The lowest BCUT2D eigenvalue weighted by molar-refractivity contribution is 0.0762. The van der Waals surface area contributed by atoms with Crippen LogP contribution in [0.3, 0.4) is 0 Å². The van der Waals surface area contributed by atoms with Gasteiger partial charge in [-0.05, 0) is 37.6 Å². The quantitative estimate of drug-likeness (QED) is 0.721. The SMILES string of the molecule is Cc1ccc(N2CCCN(C(=O)c3ncoc3-c3ccco3)CC2)cc1. The van der Waals surface area contributed by atoms with Crippen LogP contribution in [0.4, 0.5) is 5.69 Å². The van der Waals surface area contributed by atoms with Gasteiger partial charge in [0.15, 0.2) is 17.8 Å². The highest BCUT2D eigenvalue weighted by Crippen LogP contribution is 2.25. The third kappa shape index (κ3) is 3.22. The molecule has 0 aliphatic carbocycles. The number of benzene rings is 1. The maximum atomic E-state index is 13.0. The molecular weight excluding hydrogens is 330 g/mol. The first-order valence-electron chi connectivity index (χ1n) is 8.80. The second-order valence-corrected chi connectivity index (χ2v) is 6.48. The molecule has 4 rings (SSSR count). The van der Waals surface area contributed by atoms with E-state index < -0.39 is 0 Å². The molecular formula is C20H21N3O3. The van der Waals surface area contributed by atoms with Gasteiger partial charge in [0.1, 0.15) is 0 Å². The Morgan fingerprint density at radius 3 is 2.65 bits per heavy atom. The second kappa shape index (κ2) is 7.07. The van der Waals surface area contributed by atoms with Crippen LogP contribution in [-0.4, -0.2) is 42.0 Å². The fourth-order valence-electron chi connectivity index (χ4n) is 3.27. The first-order chi connectivity index (χ1) is 12.7. The number of carbonyl (C=O) groups excluding carboxylic acids is 1. The van der Waals surface area contributed by atoms with Crippen molar-refractivity contribution < 1.29 is 13.6 Å². The molecule has 1 aromatic carbocycles. The maximum Gasteiger partial charge on any atom is 0.276 e. The molecule has 6 nitrogen and oxygen atoms in total. The van der Waals surface area contributed by atoms with E-state index in [1.165, 1.54) is 17.6 Å². The third-order valence-electron chi connectivity index (χ3n) is 4.70. The third-order valence-corrected chi connectivity index (χ3v) is 4.70. The number of aryl methyl sites for hydroxylation is 1. The lowest BCUT2D eigenvalue weighted by Crippen LogP contribution is -2.35. The normalized spacial score (nSPS) is 15.1. The van der Waals surface area contributed by atoms with Crippen LogP contribution in [0.1, 0.15) is 22.5 Å². The Bertz CT molecular complexity index is 868. The van der Waals surface area contributed by atoms with Crippen molar-refractivity contribution in [2.24, 2.45) is 0 Å². The molecule has 1 aliphatic rings. The number of anilines is 1. The molecule has 134 valence electrons. The Kier molecular flexibility index (Phi) is 4.48. The highest BCUT2D eigenvalue weighted by molar-refractivity contribution is 5.97. The summed E-state index contributed by atoms with van der Waals surface area (Å²) in [4.78, 5) is 21.3. The maximum absolute atomic E-state index is 13.0. The van der Waals surface area contributed by atoms with Crippen LogP contribution in [0.2, 0.25) is 0 Å². The second-order valence-electron chi connectivity index (χ2n) is 6.48. The van der Waals surface area contributed by atoms with E-state index in [1.807, 2.05) is 4.90 Å². The highest BCUT2D eigenvalue weighted by atomic mass is 16.4. The van der Waals surface area contributed by atoms with Crippen LogP contribution in [0.25, 0.3) is 11.5 Å². The summed E-state index contributed by atoms with van der Waals surface area (Å²) in [6.45, 7) is 5.16. The van der Waals surface area contributed by atoms with E-state index in [9.17, 15) is 4.79 Å². The van der Waals surface area contributed by atoms with Gasteiger partial charge in [-0.15, -0.1) is 0 Å². The molecule has 0 unspecified atom stereocenters. The summed E-state index contributed by atoms with van der Waals surface area (Å²) >= 11 is 0. The van der Waals surface area contributed by atoms with Crippen molar-refractivity contribution in [3.8, 4) is 11.5 Å². The number of hydrogen-bond donors (Lipinski definition) is 0. The number of nitrogens with zero attached hydrogens (tertiary/aromatic N) is 3. The fourth-order valence-corrected chi connectivity index (χ4v) is 3.27. The van der Waals surface area contributed by atoms with E-state index in [4.69, 9.17) is 8.83 Å². The van der Waals surface area contributed by atoms with Crippen LogP contribution < -0.4 is 4.90 Å². The minimum absolute atomic E-state index is 0.115. The molecule has 0 bridgehead atoms. The molecule has 1 saturated heterocycles. The zero-order chi connectivity index (χ0) is 17.9. The summed E-state index contributed by atoms with van der Waals surface area (Å²) in [5.41, 5.74) is 2.75. The number of aromatic nitrogens is 1. The molecule has 2 aromatic heterocycles. The van der Waals surface area contributed by atoms with Gasteiger partial charge in [-0.25, -0.2) is 4.98 Å². The standard InChI is InChI=1S/C20H21N3O3/c1-15-5-7-16(8-6-15)22-9-3-10-23(12-11-22)20(24)18-19(26-14-21-18)17-4-2-13-25-17/h2,4-8,13-14H,3,9-12H2,1H3. The van der Waals surface area contributed by atoms with Gasteiger partial charge < -0.3 is 18.6 Å². The van der Waals surface area contributed by atoms with E-state index in [0.29, 0.717) is 30.3 Å². The molecule has 1 amide bonds. The Morgan fingerprint density at radius 2 is 1.88 bits per heavy atom. The topological polar surface area (TPSA) is 62.7 Å². The Balaban J connectivity index is 1.48. The average molecular weight is 351 g/mol. The minimum Gasteiger partial charge on any atom is -0.461 e. The molecule has 0 spiro atoms. The Hall–Kier alpha value is -3.02. The van der Waals surface area contributed by atoms with Gasteiger partial charge in [0.25, 0.3) is 5.91 Å². The van der Waals surface area contributed by atoms with Crippen molar-refractivity contribution in [1.82, 2.24) is 9.88 Å². The molecule has 0 radical (unpaired) electrons. The summed E-state index contributed by atoms with van der Waals surface area (Å²) in [5.74, 6) is 0.789. The molecule has 0 N–H and O–H groups in total. The van der Waals surface area contributed by atoms with E-state index in [2.05, 4.69) is 41.1 Å². The van der Waals surface area contributed by atoms with Crippen LogP contribution in [-0.2, 0) is 0 Å². The van der Waals surface area contributed by atoms with Crippen LogP contribution in [0.15, 0.2) is 57.9 Å². The summed E-state index contributed by atoms with van der Waals surface area (Å²) in [5, 5.41) is 0. The van der Waals surface area contributed by atoms with Gasteiger partial charge in [0.05, 0.1) is 6.26 Å². The van der Waals surface area contributed by atoms with Crippen LogP contribution >= 0.6 is 0 Å². The number of carbonyl (C=O) groups is 1. The van der Waals surface area contributed by atoms with Crippen LogP contribution in [0, 0.1) is 6.92 Å². The lowest BCUT2D eigenvalue weighted by Gasteiger charge is -2.23. The molecule has 6 heteroatoms. The van der Waals surface area contributed by atoms with E-state index in [-0.39, 0.29) is 5.91 Å². The van der Waals surface area contributed by atoms with Gasteiger partial charge in [-0.2, -0.15) is 0 Å². The van der Waals surface area contributed by atoms with Crippen molar-refractivity contribution in [3.63, 3.8) is 0 Å². The van der Waals surface area contributed by atoms with Crippen LogP contribution in [0.5, 0.6) is 0 Å². The smallest absolute Gasteiger partial charge is 0.276 e. The zero-order valence-electron chi connectivity index (χ0n) is 14.7. The first-order valence-corrected chi connectivity index (χ1v) is 8.80. The summed E-state index contributed by atoms with van der Waals surface area (Å²) in [6, 6.07) is 12.0. The molecule has 3 aromatic rings. The number of oxazole rings is 1. The van der Waals surface area contributed by atoms with E-state index >= 15 is 0 Å². The van der Waals surface area contributed by atoms with Crippen molar-refractivity contribution >= 4 is 11.6 Å². The number of furan rings is 1.